The molecule has 1 amide bonds. The van der Waals surface area contributed by atoms with Gasteiger partial charge in [-0.05, 0) is 81.3 Å². The van der Waals surface area contributed by atoms with E-state index in [0.29, 0.717) is 6.54 Å². The number of halogens is 1. The van der Waals surface area contributed by atoms with Crippen molar-refractivity contribution >= 4 is 11.7 Å². The minimum absolute atomic E-state index is 0.155. The van der Waals surface area contributed by atoms with Gasteiger partial charge in [0.05, 0.1) is 5.56 Å². The third-order valence-corrected chi connectivity index (χ3v) is 7.21. The molecule has 1 atom stereocenters. The number of benzene rings is 2. The average molecular weight is 435 g/mol. The van der Waals surface area contributed by atoms with Gasteiger partial charge in [-0.25, -0.2) is 4.39 Å². The van der Waals surface area contributed by atoms with Crippen LogP contribution in [-0.2, 0) is 0 Å². The normalized spacial score (nSPS) is 21.7. The quantitative estimate of drug-likeness (QED) is 0.589. The van der Waals surface area contributed by atoms with Gasteiger partial charge < -0.3 is 9.80 Å². The van der Waals surface area contributed by atoms with Gasteiger partial charge in [-0.1, -0.05) is 30.3 Å². The zero-order chi connectivity index (χ0) is 22.1. The minimum atomic E-state index is -0.476. The number of piperidine rings is 1. The summed E-state index contributed by atoms with van der Waals surface area (Å²) in [4.78, 5) is 29.8. The Balaban J connectivity index is 1.31. The van der Waals surface area contributed by atoms with Crippen molar-refractivity contribution < 1.29 is 14.0 Å². The van der Waals surface area contributed by atoms with Crippen molar-refractivity contribution in [3.8, 4) is 11.1 Å². The number of likely N-dealkylation sites (tertiary alicyclic amines) is 2. The number of ketones is 1. The predicted molar refractivity (Wildman–Crippen MR) is 123 cm³/mol. The van der Waals surface area contributed by atoms with Crippen LogP contribution in [0.5, 0.6) is 0 Å². The SMILES string of the molecule is O=C(c1ccc(-c2ccc(C(=O)N3CCCCC3CN3CCCC3)c(F)c2)cc1)C1CC1. The molecule has 2 saturated heterocycles. The average Bonchev–Trinajstić information content (AvgIpc) is 3.55. The number of carbonyl (C=O) groups is 2. The molecule has 0 spiro atoms. The van der Waals surface area contributed by atoms with Crippen molar-refractivity contribution in [3.05, 3.63) is 59.4 Å². The highest BCUT2D eigenvalue weighted by Crippen LogP contribution is 2.33. The van der Waals surface area contributed by atoms with Crippen molar-refractivity contribution in [2.45, 2.75) is 51.0 Å². The highest BCUT2D eigenvalue weighted by molar-refractivity contribution is 5.99. The lowest BCUT2D eigenvalue weighted by molar-refractivity contribution is 0.0556. The summed E-state index contributed by atoms with van der Waals surface area (Å²) in [5.74, 6) is -0.277. The summed E-state index contributed by atoms with van der Waals surface area (Å²) < 4.78 is 15.1. The Bertz CT molecular complexity index is 993. The fourth-order valence-corrected chi connectivity index (χ4v) is 5.15. The van der Waals surface area contributed by atoms with E-state index in [2.05, 4.69) is 4.90 Å². The maximum atomic E-state index is 15.1. The molecule has 1 saturated carbocycles. The van der Waals surface area contributed by atoms with Crippen LogP contribution >= 0.6 is 0 Å². The number of carbonyl (C=O) groups excluding carboxylic acids is 2. The van der Waals surface area contributed by atoms with Gasteiger partial charge in [-0.15, -0.1) is 0 Å². The smallest absolute Gasteiger partial charge is 0.257 e. The summed E-state index contributed by atoms with van der Waals surface area (Å²) in [6.45, 7) is 3.81. The van der Waals surface area contributed by atoms with Crippen LogP contribution in [0.2, 0.25) is 0 Å². The fourth-order valence-electron chi connectivity index (χ4n) is 5.15. The number of nitrogens with zero attached hydrogens (tertiary/aromatic N) is 2. The van der Waals surface area contributed by atoms with Gasteiger partial charge in [-0.2, -0.15) is 0 Å². The minimum Gasteiger partial charge on any atom is -0.334 e. The van der Waals surface area contributed by atoms with E-state index in [1.165, 1.54) is 18.9 Å². The standard InChI is InChI=1S/C27H31FN2O2/c28-25-17-22(19-6-8-20(9-7-19)26(31)21-10-11-21)12-13-24(25)27(32)30-16-2-1-5-23(30)18-29-14-3-4-15-29/h6-9,12-13,17,21,23H,1-5,10-11,14-16,18H2. The summed E-state index contributed by atoms with van der Waals surface area (Å²) in [5, 5.41) is 0. The molecule has 0 bridgehead atoms. The van der Waals surface area contributed by atoms with E-state index in [1.807, 2.05) is 35.2 Å². The lowest BCUT2D eigenvalue weighted by Crippen LogP contribution is -2.49. The first-order valence-corrected chi connectivity index (χ1v) is 12.1. The molecule has 5 heteroatoms. The van der Waals surface area contributed by atoms with E-state index in [-0.39, 0.29) is 29.2 Å². The third kappa shape index (κ3) is 4.49. The maximum absolute atomic E-state index is 15.1. The van der Waals surface area contributed by atoms with Crippen LogP contribution in [0.15, 0.2) is 42.5 Å². The lowest BCUT2D eigenvalue weighted by Gasteiger charge is -2.38. The Hall–Kier alpha value is -2.53. The number of amides is 1. The van der Waals surface area contributed by atoms with Crippen molar-refractivity contribution in [1.82, 2.24) is 9.80 Å². The van der Waals surface area contributed by atoms with Crippen molar-refractivity contribution in [3.63, 3.8) is 0 Å². The van der Waals surface area contributed by atoms with Crippen molar-refractivity contribution in [2.24, 2.45) is 5.92 Å². The zero-order valence-corrected chi connectivity index (χ0v) is 18.6. The summed E-state index contributed by atoms with van der Waals surface area (Å²) in [5.41, 5.74) is 2.44. The van der Waals surface area contributed by atoms with Gasteiger partial charge in [-0.3, -0.25) is 9.59 Å². The fraction of sp³-hybridized carbons (Fsp3) is 0.481. The van der Waals surface area contributed by atoms with Crippen LogP contribution in [0.1, 0.15) is 65.7 Å². The highest BCUT2D eigenvalue weighted by atomic mass is 19.1. The van der Waals surface area contributed by atoms with Crippen LogP contribution < -0.4 is 0 Å². The molecule has 168 valence electrons. The van der Waals surface area contributed by atoms with Gasteiger partial charge in [0.1, 0.15) is 5.82 Å². The second-order valence-corrected chi connectivity index (χ2v) is 9.57. The summed E-state index contributed by atoms with van der Waals surface area (Å²) >= 11 is 0. The van der Waals surface area contributed by atoms with Crippen LogP contribution in [0, 0.1) is 11.7 Å². The van der Waals surface area contributed by atoms with Gasteiger partial charge in [0.15, 0.2) is 5.78 Å². The summed E-state index contributed by atoms with van der Waals surface area (Å²) in [6, 6.07) is 12.4. The van der Waals surface area contributed by atoms with E-state index in [4.69, 9.17) is 0 Å². The van der Waals surface area contributed by atoms with E-state index >= 15 is 4.39 Å². The van der Waals surface area contributed by atoms with E-state index in [9.17, 15) is 9.59 Å². The first kappa shape index (κ1) is 21.3. The largest absolute Gasteiger partial charge is 0.334 e. The predicted octanol–water partition coefficient (Wildman–Crippen LogP) is 5.18. The molecule has 5 rings (SSSR count). The molecule has 3 aliphatic rings. The van der Waals surface area contributed by atoms with Crippen LogP contribution in [-0.4, -0.2) is 53.7 Å². The molecule has 0 radical (unpaired) electrons. The van der Waals surface area contributed by atoms with Gasteiger partial charge >= 0.3 is 0 Å². The van der Waals surface area contributed by atoms with Crippen molar-refractivity contribution in [1.29, 1.82) is 0 Å². The molecule has 2 heterocycles. The number of Topliss-reactive ketones (excluding diaryl/α,β-unsaturated/α-hetero) is 1. The van der Waals surface area contributed by atoms with Gasteiger partial charge in [0, 0.05) is 30.6 Å². The summed E-state index contributed by atoms with van der Waals surface area (Å²) in [6.07, 6.45) is 7.53. The molecule has 4 nitrogen and oxygen atoms in total. The Labute approximate surface area is 189 Å². The Morgan fingerprint density at radius 2 is 1.53 bits per heavy atom. The van der Waals surface area contributed by atoms with E-state index in [0.717, 1.165) is 68.4 Å². The van der Waals surface area contributed by atoms with Gasteiger partial charge in [0.25, 0.3) is 5.91 Å². The number of hydrogen-bond acceptors (Lipinski definition) is 3. The second-order valence-electron chi connectivity index (χ2n) is 9.57. The number of hydrogen-bond donors (Lipinski definition) is 0. The molecule has 2 aromatic rings. The molecule has 0 aromatic heterocycles. The molecule has 32 heavy (non-hydrogen) atoms. The Kier molecular flexibility index (Phi) is 6.09. The van der Waals surface area contributed by atoms with Gasteiger partial charge in [0.2, 0.25) is 0 Å². The second kappa shape index (κ2) is 9.14. The first-order valence-electron chi connectivity index (χ1n) is 12.1. The molecule has 0 N–H and O–H groups in total. The Morgan fingerprint density at radius 3 is 2.22 bits per heavy atom. The Morgan fingerprint density at radius 1 is 0.844 bits per heavy atom. The monoisotopic (exact) mass is 434 g/mol. The molecule has 3 fully saturated rings. The van der Waals surface area contributed by atoms with Crippen molar-refractivity contribution in [2.75, 3.05) is 26.2 Å². The molecular weight excluding hydrogens is 403 g/mol. The molecular formula is C27H31FN2O2. The lowest BCUT2D eigenvalue weighted by atomic mass is 9.98. The molecule has 1 unspecified atom stereocenters. The van der Waals surface area contributed by atoms with E-state index < -0.39 is 5.82 Å². The van der Waals surface area contributed by atoms with E-state index in [1.54, 1.807) is 6.07 Å². The molecule has 2 aromatic carbocycles. The maximum Gasteiger partial charge on any atom is 0.257 e. The highest BCUT2D eigenvalue weighted by Gasteiger charge is 2.31. The molecule has 1 aliphatic carbocycles. The third-order valence-electron chi connectivity index (χ3n) is 7.21. The first-order chi connectivity index (χ1) is 15.6. The summed E-state index contributed by atoms with van der Waals surface area (Å²) in [7, 11) is 0. The van der Waals surface area contributed by atoms with Crippen LogP contribution in [0.25, 0.3) is 11.1 Å². The van der Waals surface area contributed by atoms with Crippen LogP contribution in [0.3, 0.4) is 0 Å². The van der Waals surface area contributed by atoms with Crippen LogP contribution in [0.4, 0.5) is 4.39 Å². The zero-order valence-electron chi connectivity index (χ0n) is 18.6. The number of rotatable bonds is 6. The topological polar surface area (TPSA) is 40.6 Å². The molecule has 2 aliphatic heterocycles.